The third kappa shape index (κ3) is 2.36. The van der Waals surface area contributed by atoms with E-state index in [4.69, 9.17) is 0 Å². The van der Waals surface area contributed by atoms with Gasteiger partial charge in [-0.25, -0.2) is 0 Å². The summed E-state index contributed by atoms with van der Waals surface area (Å²) in [4.78, 5) is 21.1. The van der Waals surface area contributed by atoms with Gasteiger partial charge in [0, 0.05) is 18.8 Å². The zero-order valence-electron chi connectivity index (χ0n) is 9.21. The van der Waals surface area contributed by atoms with E-state index in [1.54, 1.807) is 24.3 Å². The molecule has 0 aliphatic rings. The molecule has 0 aliphatic carbocycles. The van der Waals surface area contributed by atoms with E-state index >= 15 is 0 Å². The maximum absolute atomic E-state index is 11.0. The monoisotopic (exact) mass is 222 g/mol. The number of benzene rings is 1. The molecule has 0 radical (unpaired) electrons. The summed E-state index contributed by atoms with van der Waals surface area (Å²) in [7, 11) is 0. The van der Waals surface area contributed by atoms with Crippen molar-refractivity contribution in [3.8, 4) is 0 Å². The van der Waals surface area contributed by atoms with E-state index in [0.29, 0.717) is 6.41 Å². The molecule has 0 bridgehead atoms. The first kappa shape index (κ1) is 12.2. The molecule has 0 aromatic heterocycles. The number of carbonyl (C=O) groups excluding carboxylic acids is 1. The molecule has 0 saturated carbocycles. The first-order valence-electron chi connectivity index (χ1n) is 4.89. The Morgan fingerprint density at radius 1 is 1.38 bits per heavy atom. The lowest BCUT2D eigenvalue weighted by Gasteiger charge is -2.26. The number of nitrogens with one attached hydrogen (secondary N) is 1. The molecule has 86 valence electrons. The van der Waals surface area contributed by atoms with E-state index in [0.717, 1.165) is 5.56 Å². The molecule has 0 heterocycles. The van der Waals surface area contributed by atoms with E-state index in [1.165, 1.54) is 13.8 Å². The number of hydrogen-bond acceptors (Lipinski definition) is 3. The molecule has 0 spiro atoms. The maximum atomic E-state index is 11.0. The Hall–Kier alpha value is -1.91. The molecule has 1 N–H and O–H groups in total. The Balaban J connectivity index is 3.09. The van der Waals surface area contributed by atoms with Crippen LogP contribution in [0.25, 0.3) is 0 Å². The zero-order valence-corrected chi connectivity index (χ0v) is 9.21. The fourth-order valence-electron chi connectivity index (χ4n) is 1.53. The van der Waals surface area contributed by atoms with Crippen LogP contribution in [0, 0.1) is 10.1 Å². The van der Waals surface area contributed by atoms with Crippen LogP contribution in [0.2, 0.25) is 0 Å². The number of carbonyl (C=O) groups is 1. The van der Waals surface area contributed by atoms with Crippen LogP contribution < -0.4 is 5.32 Å². The van der Waals surface area contributed by atoms with Gasteiger partial charge in [0.1, 0.15) is 6.04 Å². The zero-order chi connectivity index (χ0) is 12.2. The number of nitro groups is 1. The fraction of sp³-hybridized carbons (Fsp3) is 0.364. The van der Waals surface area contributed by atoms with Gasteiger partial charge in [-0.2, -0.15) is 0 Å². The van der Waals surface area contributed by atoms with Gasteiger partial charge in [-0.3, -0.25) is 14.9 Å². The summed E-state index contributed by atoms with van der Waals surface area (Å²) in [6, 6.07) is 8.26. The van der Waals surface area contributed by atoms with Crippen molar-refractivity contribution in [1.82, 2.24) is 5.32 Å². The van der Waals surface area contributed by atoms with Crippen LogP contribution in [-0.2, 0) is 4.79 Å². The van der Waals surface area contributed by atoms with Crippen LogP contribution in [0.15, 0.2) is 30.3 Å². The van der Waals surface area contributed by atoms with Crippen LogP contribution in [0.1, 0.15) is 25.5 Å². The van der Waals surface area contributed by atoms with E-state index < -0.39 is 11.6 Å². The minimum atomic E-state index is -1.25. The predicted octanol–water partition coefficient (Wildman–Crippen LogP) is 1.53. The van der Waals surface area contributed by atoms with E-state index in [2.05, 4.69) is 5.32 Å². The quantitative estimate of drug-likeness (QED) is 0.466. The second kappa shape index (κ2) is 4.74. The summed E-state index contributed by atoms with van der Waals surface area (Å²) < 4.78 is 0. The van der Waals surface area contributed by atoms with Gasteiger partial charge in [0.2, 0.25) is 11.9 Å². The molecule has 0 aliphatic heterocycles. The lowest BCUT2D eigenvalue weighted by atomic mass is 9.89. The van der Waals surface area contributed by atoms with Crippen molar-refractivity contribution < 1.29 is 9.72 Å². The lowest BCUT2D eigenvalue weighted by Crippen LogP contribution is -2.44. The summed E-state index contributed by atoms with van der Waals surface area (Å²) >= 11 is 0. The minimum absolute atomic E-state index is 0.388. The smallest absolute Gasteiger partial charge is 0.240 e. The molecule has 1 rings (SSSR count). The number of rotatable bonds is 5. The molecule has 1 atom stereocenters. The average molecular weight is 222 g/mol. The van der Waals surface area contributed by atoms with Gasteiger partial charge >= 0.3 is 0 Å². The number of amides is 1. The van der Waals surface area contributed by atoms with E-state index in [1.807, 2.05) is 6.07 Å². The van der Waals surface area contributed by atoms with Gasteiger partial charge in [0.05, 0.1) is 0 Å². The molecule has 0 fully saturated rings. The molecular formula is C11H14N2O3. The molecular weight excluding hydrogens is 208 g/mol. The van der Waals surface area contributed by atoms with Crippen LogP contribution in [0.4, 0.5) is 0 Å². The highest BCUT2D eigenvalue weighted by molar-refractivity contribution is 5.48. The van der Waals surface area contributed by atoms with Crippen molar-refractivity contribution in [2.24, 2.45) is 0 Å². The predicted molar refractivity (Wildman–Crippen MR) is 59.5 cm³/mol. The summed E-state index contributed by atoms with van der Waals surface area (Å²) in [6.45, 7) is 2.97. The molecule has 5 heteroatoms. The van der Waals surface area contributed by atoms with Gasteiger partial charge in [0.15, 0.2) is 0 Å². The average Bonchev–Trinajstić information content (AvgIpc) is 2.26. The highest BCUT2D eigenvalue weighted by Gasteiger charge is 2.41. The topological polar surface area (TPSA) is 72.2 Å². The highest BCUT2D eigenvalue weighted by Crippen LogP contribution is 2.27. The van der Waals surface area contributed by atoms with Crippen molar-refractivity contribution in [1.29, 1.82) is 0 Å². The SMILES string of the molecule is CC(C)(C(NC=O)c1ccccc1)[N+](=O)[O-]. The Bertz CT molecular complexity index is 376. The van der Waals surface area contributed by atoms with E-state index in [-0.39, 0.29) is 4.92 Å². The molecule has 1 unspecified atom stereocenters. The third-order valence-corrected chi connectivity index (χ3v) is 2.54. The second-order valence-electron chi connectivity index (χ2n) is 4.04. The van der Waals surface area contributed by atoms with E-state index in [9.17, 15) is 14.9 Å². The normalized spacial score (nSPS) is 12.9. The minimum Gasteiger partial charge on any atom is -0.345 e. The second-order valence-corrected chi connectivity index (χ2v) is 4.04. The van der Waals surface area contributed by atoms with Crippen molar-refractivity contribution >= 4 is 6.41 Å². The molecule has 5 nitrogen and oxygen atoms in total. The van der Waals surface area contributed by atoms with Gasteiger partial charge in [-0.05, 0) is 5.56 Å². The largest absolute Gasteiger partial charge is 0.345 e. The summed E-state index contributed by atoms with van der Waals surface area (Å²) in [5, 5.41) is 13.5. The Labute approximate surface area is 93.6 Å². The van der Waals surface area contributed by atoms with Crippen molar-refractivity contribution in [3.63, 3.8) is 0 Å². The number of hydrogen-bond donors (Lipinski definition) is 1. The molecule has 1 aromatic carbocycles. The molecule has 16 heavy (non-hydrogen) atoms. The summed E-state index contributed by atoms with van der Waals surface area (Å²) in [5.74, 6) is 0. The van der Waals surface area contributed by atoms with Crippen LogP contribution in [0.5, 0.6) is 0 Å². The molecule has 1 aromatic rings. The highest BCUT2D eigenvalue weighted by atomic mass is 16.6. The van der Waals surface area contributed by atoms with Crippen molar-refractivity contribution in [3.05, 3.63) is 46.0 Å². The first-order valence-corrected chi connectivity index (χ1v) is 4.89. The lowest BCUT2D eigenvalue weighted by molar-refractivity contribution is -0.566. The molecule has 1 amide bonds. The molecule has 0 saturated heterocycles. The Kier molecular flexibility index (Phi) is 3.60. The standard InChI is InChI=1S/C11H14N2O3/c1-11(2,13(15)16)10(12-8-14)9-6-4-3-5-7-9/h3-8,10H,1-2H3,(H,12,14). The van der Waals surface area contributed by atoms with Crippen molar-refractivity contribution in [2.75, 3.05) is 0 Å². The maximum Gasteiger partial charge on any atom is 0.240 e. The number of nitrogens with zero attached hydrogens (tertiary/aromatic N) is 1. The van der Waals surface area contributed by atoms with Crippen LogP contribution >= 0.6 is 0 Å². The van der Waals surface area contributed by atoms with Gasteiger partial charge < -0.3 is 5.32 Å². The first-order chi connectivity index (χ1) is 7.50. The fourth-order valence-corrected chi connectivity index (χ4v) is 1.53. The summed E-state index contributed by atoms with van der Waals surface area (Å²) in [6.07, 6.45) is 0.489. The Morgan fingerprint density at radius 3 is 2.38 bits per heavy atom. The van der Waals surface area contributed by atoms with Crippen molar-refractivity contribution in [2.45, 2.75) is 25.4 Å². The van der Waals surface area contributed by atoms with Gasteiger partial charge in [-0.1, -0.05) is 30.3 Å². The van der Waals surface area contributed by atoms with Gasteiger partial charge in [0.25, 0.3) is 0 Å². The van der Waals surface area contributed by atoms with Crippen LogP contribution in [-0.4, -0.2) is 16.9 Å². The van der Waals surface area contributed by atoms with Gasteiger partial charge in [-0.15, -0.1) is 0 Å². The van der Waals surface area contributed by atoms with Crippen LogP contribution in [0.3, 0.4) is 0 Å². The summed E-state index contributed by atoms with van der Waals surface area (Å²) in [5.41, 5.74) is -0.529. The third-order valence-electron chi connectivity index (χ3n) is 2.54. The Morgan fingerprint density at radius 2 is 1.94 bits per heavy atom.